The Morgan fingerprint density at radius 1 is 2.12 bits per heavy atom. The van der Waals surface area contributed by atoms with Crippen LogP contribution in [0.25, 0.3) is 0 Å². The topological polar surface area (TPSA) is 122 Å². The highest BCUT2D eigenvalue weighted by molar-refractivity contribution is 7.78. The number of nitroso groups, excluding NO2 is 2. The number of nitrogens with one attached hydrogen (secondary N) is 1. The summed E-state index contributed by atoms with van der Waals surface area (Å²) in [6, 6.07) is 0. The molecule has 0 aliphatic heterocycles. The first-order chi connectivity index (χ1) is 4.83. The minimum atomic E-state index is 1.29. The van der Waals surface area contributed by atoms with Crippen molar-refractivity contribution in [3.05, 3.63) is 9.81 Å². The van der Waals surface area contributed by atoms with Gasteiger partial charge in [0, 0.05) is 24.5 Å². The van der Waals surface area contributed by atoms with Gasteiger partial charge in [-0.2, -0.15) is 4.91 Å². The van der Waals surface area contributed by atoms with Crippen LogP contribution in [-0.2, 0) is 0 Å². The molecular weight excluding hydrogens is 136 g/mol. The van der Waals surface area contributed by atoms with Gasteiger partial charge in [-0.3, -0.25) is 0 Å². The predicted molar refractivity (Wildman–Crippen MR) is 32.6 cm³/mol. The zero-order valence-electron chi connectivity index (χ0n) is 6.07. The first kappa shape index (κ1) is 10.5. The van der Waals surface area contributed by atoms with E-state index in [9.17, 15) is 0 Å². The Kier molecular flexibility index (Phi) is 1140. The van der Waals surface area contributed by atoms with Crippen molar-refractivity contribution < 1.29 is 12.0 Å². The lowest BCUT2D eigenvalue weighted by Gasteiger charge is -1.25. The fourth-order valence-corrected chi connectivity index (χ4v) is 0. The van der Waals surface area contributed by atoms with Crippen LogP contribution in [0.1, 0.15) is 1.43 Å². The fraction of sp³-hybridized carbons (Fsp3) is 1.00. The Hall–Kier alpha value is -0.530. The average molecular weight is 147 g/mol. The second-order valence-corrected chi connectivity index (χ2v) is 0.245. The van der Waals surface area contributed by atoms with Crippen molar-refractivity contribution in [1.82, 2.24) is 0 Å². The summed E-state index contributed by atoms with van der Waals surface area (Å²) in [5, 5.41) is 3.50. The maximum absolute atomic E-state index is 8.42. The standard InChI is InChI=1S/CH4O.HNOS.HNO.H2O/c1-2;2-1-3;1-2;/h2H,1H3;(H,2,3);1H;1H2/i2T;;;/hD. The van der Waals surface area contributed by atoms with Gasteiger partial charge in [0.2, 0.25) is 2.86 Å². The minimum absolute atomic E-state index is 1.29. The molecule has 0 amide bonds. The zero-order valence-corrected chi connectivity index (χ0v) is 4.96. The molecule has 0 aromatic rings. The molecular formula is CH8N2O4S. The Morgan fingerprint density at radius 3 is 2.12 bits per heavy atom. The van der Waals surface area contributed by atoms with Crippen LogP contribution in [0.3, 0.4) is 0 Å². The molecule has 0 aromatic heterocycles. The van der Waals surface area contributed by atoms with Crippen molar-refractivity contribution in [2.24, 2.45) is 4.58 Å². The second kappa shape index (κ2) is 876. The first-order valence-corrected chi connectivity index (χ1v) is 1.39. The summed E-state index contributed by atoms with van der Waals surface area (Å²) < 4.78 is 12.4. The molecule has 0 unspecified atom stereocenters. The van der Waals surface area contributed by atoms with Gasteiger partial charge in [-0.05, 0) is 0 Å². The van der Waals surface area contributed by atoms with E-state index in [2.05, 4.69) is 23.5 Å². The minimum Gasteiger partial charge on any atom is -0.412 e. The van der Waals surface area contributed by atoms with E-state index in [0.717, 1.165) is 0 Å². The van der Waals surface area contributed by atoms with Crippen LogP contribution < -0.4 is 0 Å². The Balaban J connectivity index is -0.0000000246. The molecule has 0 radical (unpaired) electrons. The first-order valence-electron chi connectivity index (χ1n) is 1.85. The number of rotatable bonds is 0. The molecule has 0 aliphatic carbocycles. The zero-order chi connectivity index (χ0) is 9.41. The third-order valence-corrected chi connectivity index (χ3v) is 0. The summed E-state index contributed by atoms with van der Waals surface area (Å²) in [6.07, 6.45) is 0. The Bertz CT molecular complexity index is 42.4. The van der Waals surface area contributed by atoms with Crippen LogP contribution >= 0.6 is 12.8 Å². The molecule has 52 valence electrons. The maximum Gasteiger partial charge on any atom is 0.210 e. The van der Waals surface area contributed by atoms with Gasteiger partial charge in [-0.1, -0.05) is 5.59 Å². The molecule has 4 N–H and O–H groups in total. The lowest BCUT2D eigenvalue weighted by Crippen LogP contribution is -1.25. The number of aliphatic hydroxyl groups excluding tert-OH is 1. The average Bonchev–Trinajstić information content (AvgIpc) is 1.99. The monoisotopic (exact) mass is 147 g/mol. The summed E-state index contributed by atoms with van der Waals surface area (Å²) in [6.45, 7) is 0. The summed E-state index contributed by atoms with van der Waals surface area (Å²) in [7, 11) is 1.29. The largest absolute Gasteiger partial charge is 0.412 e. The Labute approximate surface area is 54.5 Å². The van der Waals surface area contributed by atoms with Crippen molar-refractivity contribution in [3.63, 3.8) is 0 Å². The summed E-state index contributed by atoms with van der Waals surface area (Å²) in [4.78, 5) is 15.9. The van der Waals surface area contributed by atoms with Crippen molar-refractivity contribution >= 4 is 12.8 Å². The lowest BCUT2D eigenvalue weighted by molar-refractivity contribution is 0.399. The molecule has 0 spiro atoms. The lowest BCUT2D eigenvalue weighted by atomic mass is 11.8. The van der Waals surface area contributed by atoms with E-state index < -0.39 is 0 Å². The van der Waals surface area contributed by atoms with E-state index in [1.165, 1.54) is 7.11 Å². The van der Waals surface area contributed by atoms with E-state index in [4.69, 9.17) is 18.2 Å². The maximum atomic E-state index is 8.42. The molecule has 0 heterocycles. The van der Waals surface area contributed by atoms with E-state index in [0.29, 0.717) is 0 Å². The van der Waals surface area contributed by atoms with Crippen molar-refractivity contribution in [2.75, 3.05) is 7.11 Å². The normalized spacial score (nSPS) is 5.38. The quantitative estimate of drug-likeness (QED) is 0.322. The van der Waals surface area contributed by atoms with Gasteiger partial charge >= 0.3 is 0 Å². The van der Waals surface area contributed by atoms with Gasteiger partial charge in [0.1, 0.15) is 0 Å². The van der Waals surface area contributed by atoms with Gasteiger partial charge in [0.15, 0.2) is 0 Å². The van der Waals surface area contributed by atoms with Gasteiger partial charge in [-0.25, -0.2) is 0 Å². The van der Waals surface area contributed by atoms with Gasteiger partial charge in [0.25, 0.3) is 0 Å². The predicted octanol–water partition coefficient (Wildman–Crippen LogP) is -0.287. The van der Waals surface area contributed by atoms with Gasteiger partial charge < -0.3 is 10.6 Å². The summed E-state index contributed by atoms with van der Waals surface area (Å²) in [5.41, 5.74) is 10.8. The molecule has 0 atom stereocenters. The van der Waals surface area contributed by atoms with Crippen molar-refractivity contribution in [1.29, 1.82) is 7.02 Å². The highest BCUT2D eigenvalue weighted by Gasteiger charge is 1.21. The molecule has 0 aromatic carbocycles. The smallest absolute Gasteiger partial charge is 0.210 e. The summed E-state index contributed by atoms with van der Waals surface area (Å²) in [5.74, 6) is 0. The van der Waals surface area contributed by atoms with Crippen LogP contribution in [0.5, 0.6) is 0 Å². The van der Waals surface area contributed by atoms with Gasteiger partial charge in [-0.15, -0.1) is 4.91 Å². The molecule has 0 saturated heterocycles. The molecule has 0 bridgehead atoms. The van der Waals surface area contributed by atoms with Crippen LogP contribution in [-0.4, -0.2) is 19.1 Å². The third kappa shape index (κ3) is 389. The van der Waals surface area contributed by atoms with Crippen LogP contribution in [0.15, 0.2) is 4.58 Å². The molecule has 0 rings (SSSR count). The van der Waals surface area contributed by atoms with Gasteiger partial charge in [0.05, 0.1) is 0 Å². The van der Waals surface area contributed by atoms with E-state index in [-0.39, 0.29) is 0 Å². The molecule has 0 saturated carbocycles. The van der Waals surface area contributed by atoms with E-state index >= 15 is 0 Å². The number of thiol groups is 1. The Morgan fingerprint density at radius 2 is 2.12 bits per heavy atom. The molecule has 0 fully saturated rings. The highest BCUT2D eigenvalue weighted by atomic mass is 32.1. The molecule has 0 aliphatic rings. The van der Waals surface area contributed by atoms with E-state index in [1.807, 2.05) is 4.58 Å². The molecule has 8 heavy (non-hydrogen) atoms. The number of nitrogens with zero attached hydrogens (tertiary/aromatic N) is 1. The van der Waals surface area contributed by atoms with Crippen LogP contribution in [0.4, 0.5) is 0 Å². The second-order valence-electron chi connectivity index (χ2n) is 0.0816. The van der Waals surface area contributed by atoms with E-state index in [1.54, 1.807) is 0 Å². The van der Waals surface area contributed by atoms with Crippen molar-refractivity contribution in [2.45, 2.75) is 0 Å². The molecule has 7 heteroatoms. The SMILES string of the molecule is N=O.O=NS.[2H]O.[3H]OC. The third-order valence-electron chi connectivity index (χ3n) is 0. The fourth-order valence-electron chi connectivity index (χ4n) is 0. The number of hydrogen-bond acceptors (Lipinski definition) is 5. The number of aliphatic hydroxyl groups is 1. The van der Waals surface area contributed by atoms with Crippen LogP contribution in [0, 0.1) is 15.4 Å². The highest BCUT2D eigenvalue weighted by Crippen LogP contribution is 1.58. The summed E-state index contributed by atoms with van der Waals surface area (Å²) >= 11 is 2.86. The van der Waals surface area contributed by atoms with Crippen molar-refractivity contribution in [3.8, 4) is 0 Å². The van der Waals surface area contributed by atoms with Crippen LogP contribution in [0.2, 0.25) is 0 Å². The number of hydrogen-bond donors (Lipinski definition) is 3. The molecule has 6 nitrogen and oxygen atoms in total.